The molecule has 0 aliphatic carbocycles. The molecule has 0 atom stereocenters. The minimum Gasteiger partial charge on any atom is -0.476 e. The molecule has 17 heavy (non-hydrogen) atoms. The molecular formula is C6H13N5O5S. The lowest BCUT2D eigenvalue weighted by atomic mass is 10.5. The van der Waals surface area contributed by atoms with Crippen molar-refractivity contribution in [1.82, 2.24) is 9.97 Å². The van der Waals surface area contributed by atoms with Crippen LogP contribution in [0.5, 0.6) is 5.88 Å². The molecule has 0 saturated carbocycles. The van der Waals surface area contributed by atoms with Gasteiger partial charge in [0, 0.05) is 0 Å². The lowest BCUT2D eigenvalue weighted by Gasteiger charge is -2.06. The quantitative estimate of drug-likeness (QED) is 0.414. The van der Waals surface area contributed by atoms with Gasteiger partial charge in [-0.2, -0.15) is 18.4 Å². The second-order valence-corrected chi connectivity index (χ2v) is 3.46. The van der Waals surface area contributed by atoms with Crippen LogP contribution in [0.15, 0.2) is 0 Å². The topological polar surface area (TPSA) is 188 Å². The van der Waals surface area contributed by atoms with Crippen molar-refractivity contribution < 1.29 is 22.3 Å². The third kappa shape index (κ3) is 7.10. The summed E-state index contributed by atoms with van der Waals surface area (Å²) >= 11 is 0. The average Bonchev–Trinajstić information content (AvgIpc) is 2.11. The van der Waals surface area contributed by atoms with Gasteiger partial charge in [-0.3, -0.25) is 9.11 Å². The van der Waals surface area contributed by atoms with E-state index in [9.17, 15) is 0 Å². The van der Waals surface area contributed by atoms with Crippen LogP contribution in [0.3, 0.4) is 0 Å². The number of ether oxygens (including phenoxy) is 1. The summed E-state index contributed by atoms with van der Waals surface area (Å²) in [6.07, 6.45) is 0. The van der Waals surface area contributed by atoms with Crippen LogP contribution in [-0.2, 0) is 10.4 Å². The van der Waals surface area contributed by atoms with Crippen LogP contribution >= 0.6 is 0 Å². The molecule has 10 nitrogen and oxygen atoms in total. The monoisotopic (exact) mass is 267 g/mol. The molecule has 0 aliphatic heterocycles. The highest BCUT2D eigenvalue weighted by Gasteiger charge is 2.07. The summed E-state index contributed by atoms with van der Waals surface area (Å²) in [6, 6.07) is 0. The number of nitrogen functional groups attached to an aromatic ring is 3. The van der Waals surface area contributed by atoms with Crippen LogP contribution in [0.25, 0.3) is 0 Å². The zero-order valence-electron chi connectivity index (χ0n) is 8.86. The van der Waals surface area contributed by atoms with E-state index >= 15 is 0 Å². The molecule has 1 heterocycles. The molecule has 0 unspecified atom stereocenters. The Morgan fingerprint density at radius 2 is 1.71 bits per heavy atom. The van der Waals surface area contributed by atoms with Crippen LogP contribution in [0.2, 0.25) is 0 Å². The van der Waals surface area contributed by atoms with E-state index in [0.29, 0.717) is 6.61 Å². The number of rotatable bonds is 2. The maximum atomic E-state index is 8.74. The van der Waals surface area contributed by atoms with Gasteiger partial charge < -0.3 is 21.9 Å². The van der Waals surface area contributed by atoms with E-state index in [1.807, 2.05) is 6.92 Å². The predicted octanol–water partition coefficient (Wildman–Crippen LogP) is -1.03. The Morgan fingerprint density at radius 3 is 2.12 bits per heavy atom. The van der Waals surface area contributed by atoms with E-state index in [-0.39, 0.29) is 23.3 Å². The highest BCUT2D eigenvalue weighted by atomic mass is 32.3. The van der Waals surface area contributed by atoms with Crippen LogP contribution in [-0.4, -0.2) is 34.1 Å². The predicted molar refractivity (Wildman–Crippen MR) is 60.6 cm³/mol. The SMILES string of the molecule is CCOc1nc(N)nc(N)c1N.O=S(=O)(O)O. The van der Waals surface area contributed by atoms with E-state index in [1.54, 1.807) is 0 Å². The molecule has 8 N–H and O–H groups in total. The molecule has 0 aromatic carbocycles. The highest BCUT2D eigenvalue weighted by molar-refractivity contribution is 7.79. The van der Waals surface area contributed by atoms with Gasteiger partial charge in [-0.25, -0.2) is 0 Å². The summed E-state index contributed by atoms with van der Waals surface area (Å²) in [4.78, 5) is 7.42. The first kappa shape index (κ1) is 15.2. The first-order valence-electron chi connectivity index (χ1n) is 4.16. The minimum atomic E-state index is -4.67. The number of anilines is 3. The van der Waals surface area contributed by atoms with Gasteiger partial charge in [0.25, 0.3) is 0 Å². The van der Waals surface area contributed by atoms with E-state index in [0.717, 1.165) is 0 Å². The van der Waals surface area contributed by atoms with Crippen molar-refractivity contribution >= 4 is 27.9 Å². The van der Waals surface area contributed by atoms with Gasteiger partial charge in [0.1, 0.15) is 5.69 Å². The van der Waals surface area contributed by atoms with Crippen molar-refractivity contribution in [2.45, 2.75) is 6.92 Å². The van der Waals surface area contributed by atoms with Crippen molar-refractivity contribution in [2.24, 2.45) is 0 Å². The summed E-state index contributed by atoms with van der Waals surface area (Å²) in [5.41, 5.74) is 16.5. The molecular weight excluding hydrogens is 254 g/mol. The number of aromatic nitrogens is 2. The molecule has 11 heteroatoms. The Bertz CT molecular complexity index is 468. The van der Waals surface area contributed by atoms with Crippen LogP contribution in [0.1, 0.15) is 6.92 Å². The van der Waals surface area contributed by atoms with Crippen molar-refractivity contribution in [2.75, 3.05) is 23.8 Å². The Labute approximate surface area is 97.4 Å². The fourth-order valence-corrected chi connectivity index (χ4v) is 0.729. The number of hydrogen-bond donors (Lipinski definition) is 5. The largest absolute Gasteiger partial charge is 0.476 e. The summed E-state index contributed by atoms with van der Waals surface area (Å²) < 4.78 is 36.6. The molecule has 0 radical (unpaired) electrons. The van der Waals surface area contributed by atoms with E-state index in [2.05, 4.69) is 9.97 Å². The number of nitrogens with two attached hydrogens (primary N) is 3. The van der Waals surface area contributed by atoms with Gasteiger partial charge in [0.05, 0.1) is 6.61 Å². The van der Waals surface area contributed by atoms with Gasteiger partial charge in [0.2, 0.25) is 11.8 Å². The second-order valence-electron chi connectivity index (χ2n) is 2.57. The molecule has 0 saturated heterocycles. The van der Waals surface area contributed by atoms with Crippen LogP contribution < -0.4 is 21.9 Å². The summed E-state index contributed by atoms with van der Waals surface area (Å²) in [5, 5.41) is 0. The normalized spacial score (nSPS) is 10.3. The lowest BCUT2D eigenvalue weighted by Crippen LogP contribution is -2.07. The first-order valence-corrected chi connectivity index (χ1v) is 5.56. The van der Waals surface area contributed by atoms with Gasteiger partial charge in [-0.1, -0.05) is 0 Å². The summed E-state index contributed by atoms with van der Waals surface area (Å²) in [7, 11) is -4.67. The Morgan fingerprint density at radius 1 is 1.24 bits per heavy atom. The maximum absolute atomic E-state index is 8.74. The fraction of sp³-hybridized carbons (Fsp3) is 0.333. The standard InChI is InChI=1S/C6H11N5O.H2O4S/c1-2-12-5-3(7)4(8)10-6(9)11-5;1-5(2,3)4/h2,7H2,1H3,(H4,8,9,10,11);(H2,1,2,3,4). The Kier molecular flexibility index (Phi) is 5.37. The van der Waals surface area contributed by atoms with Gasteiger partial charge in [0.15, 0.2) is 5.82 Å². The molecule has 0 aliphatic rings. The third-order valence-electron chi connectivity index (χ3n) is 1.24. The molecule has 1 aromatic rings. The summed E-state index contributed by atoms with van der Waals surface area (Å²) in [6.45, 7) is 2.27. The smallest absolute Gasteiger partial charge is 0.394 e. The maximum Gasteiger partial charge on any atom is 0.394 e. The molecule has 1 rings (SSSR count). The average molecular weight is 267 g/mol. The van der Waals surface area contributed by atoms with Crippen molar-refractivity contribution in [3.8, 4) is 5.88 Å². The molecule has 0 fully saturated rings. The second kappa shape index (κ2) is 6.03. The van der Waals surface area contributed by atoms with E-state index < -0.39 is 10.4 Å². The fourth-order valence-electron chi connectivity index (χ4n) is 0.729. The van der Waals surface area contributed by atoms with Crippen molar-refractivity contribution in [3.63, 3.8) is 0 Å². The molecule has 0 bridgehead atoms. The van der Waals surface area contributed by atoms with Crippen molar-refractivity contribution in [3.05, 3.63) is 0 Å². The number of hydrogen-bond acceptors (Lipinski definition) is 8. The zero-order valence-corrected chi connectivity index (χ0v) is 9.68. The van der Waals surface area contributed by atoms with Gasteiger partial charge in [-0.15, -0.1) is 0 Å². The molecule has 0 amide bonds. The Hall–Kier alpha value is -1.85. The minimum absolute atomic E-state index is 0.0603. The van der Waals surface area contributed by atoms with Crippen LogP contribution in [0, 0.1) is 0 Å². The third-order valence-corrected chi connectivity index (χ3v) is 1.24. The summed E-state index contributed by atoms with van der Waals surface area (Å²) in [5.74, 6) is 0.443. The lowest BCUT2D eigenvalue weighted by molar-refractivity contribution is 0.329. The number of nitrogens with zero attached hydrogens (tertiary/aromatic N) is 2. The molecule has 98 valence electrons. The molecule has 1 aromatic heterocycles. The Balaban J connectivity index is 0.000000437. The highest BCUT2D eigenvalue weighted by Crippen LogP contribution is 2.23. The van der Waals surface area contributed by atoms with Crippen LogP contribution in [0.4, 0.5) is 17.5 Å². The molecule has 0 spiro atoms. The van der Waals surface area contributed by atoms with Crippen molar-refractivity contribution in [1.29, 1.82) is 0 Å². The van der Waals surface area contributed by atoms with E-state index in [1.165, 1.54) is 0 Å². The van der Waals surface area contributed by atoms with Gasteiger partial charge >= 0.3 is 10.4 Å². The van der Waals surface area contributed by atoms with E-state index in [4.69, 9.17) is 39.5 Å². The first-order chi connectivity index (χ1) is 7.65. The van der Waals surface area contributed by atoms with Gasteiger partial charge in [-0.05, 0) is 6.92 Å². The zero-order chi connectivity index (χ0) is 13.6.